The smallest absolute Gasteiger partial charge is 0.254 e. The average molecular weight is 456 g/mol. The molecule has 32 heavy (non-hydrogen) atoms. The maximum Gasteiger partial charge on any atom is 0.254 e. The molecule has 0 unspecified atom stereocenters. The molecular formula is C25H30ClN3O3. The van der Waals surface area contributed by atoms with Gasteiger partial charge in [-0.15, -0.1) is 0 Å². The largest absolute Gasteiger partial charge is 0.330 e. The summed E-state index contributed by atoms with van der Waals surface area (Å²) in [4.78, 5) is 42.8. The highest BCUT2D eigenvalue weighted by molar-refractivity contribution is 6.30. The predicted molar refractivity (Wildman–Crippen MR) is 127 cm³/mol. The minimum absolute atomic E-state index is 0.000336. The third-order valence-electron chi connectivity index (χ3n) is 5.70. The van der Waals surface area contributed by atoms with E-state index in [0.717, 1.165) is 12.8 Å². The molecule has 1 aliphatic rings. The summed E-state index contributed by atoms with van der Waals surface area (Å²) < 4.78 is 0. The number of hydrogen-bond acceptors (Lipinski definition) is 3. The minimum Gasteiger partial charge on any atom is -0.330 e. The van der Waals surface area contributed by atoms with Crippen molar-refractivity contribution in [2.75, 3.05) is 31.2 Å². The Bertz CT molecular complexity index is 944. The first-order valence-corrected chi connectivity index (χ1v) is 11.5. The Labute approximate surface area is 194 Å². The fraction of sp³-hybridized carbons (Fsp3) is 0.400. The van der Waals surface area contributed by atoms with Crippen molar-refractivity contribution in [1.82, 2.24) is 9.80 Å². The van der Waals surface area contributed by atoms with Crippen LogP contribution >= 0.6 is 11.6 Å². The summed E-state index contributed by atoms with van der Waals surface area (Å²) in [6.07, 6.45) is 4.52. The standard InChI is InChI=1S/C25H30ClN3O3/c1-3-5-6-7-19-8-10-20(11-9-19)25(32)27(4-2)16-23(30)28-17-24(31)29(18-28)22-14-12-21(26)13-15-22/h8-15H,3-7,16-18H2,1-2H3. The number of benzene rings is 2. The lowest BCUT2D eigenvalue weighted by molar-refractivity contribution is -0.132. The highest BCUT2D eigenvalue weighted by Gasteiger charge is 2.32. The molecule has 6 nitrogen and oxygen atoms in total. The third kappa shape index (κ3) is 5.88. The fourth-order valence-corrected chi connectivity index (χ4v) is 3.85. The van der Waals surface area contributed by atoms with Gasteiger partial charge in [0.2, 0.25) is 11.8 Å². The monoisotopic (exact) mass is 455 g/mol. The van der Waals surface area contributed by atoms with Gasteiger partial charge in [-0.25, -0.2) is 0 Å². The molecule has 0 bridgehead atoms. The van der Waals surface area contributed by atoms with Crippen LogP contribution < -0.4 is 4.90 Å². The molecule has 0 radical (unpaired) electrons. The average Bonchev–Trinajstić information content (AvgIpc) is 3.20. The van der Waals surface area contributed by atoms with Crippen LogP contribution in [0.4, 0.5) is 5.69 Å². The van der Waals surface area contributed by atoms with E-state index in [2.05, 4.69) is 6.92 Å². The van der Waals surface area contributed by atoms with E-state index in [-0.39, 0.29) is 37.5 Å². The van der Waals surface area contributed by atoms with E-state index < -0.39 is 0 Å². The zero-order chi connectivity index (χ0) is 23.1. The van der Waals surface area contributed by atoms with Gasteiger partial charge in [0.15, 0.2) is 0 Å². The Balaban J connectivity index is 1.60. The molecule has 0 aromatic heterocycles. The number of carbonyl (C=O) groups excluding carboxylic acids is 3. The van der Waals surface area contributed by atoms with Gasteiger partial charge in [-0.3, -0.25) is 19.3 Å². The number of hydrogen-bond donors (Lipinski definition) is 0. The lowest BCUT2D eigenvalue weighted by atomic mass is 10.0. The van der Waals surface area contributed by atoms with Gasteiger partial charge in [0.1, 0.15) is 19.8 Å². The predicted octanol–water partition coefficient (Wildman–Crippen LogP) is 4.37. The van der Waals surface area contributed by atoms with Crippen LogP contribution in [0.5, 0.6) is 0 Å². The molecule has 0 aliphatic carbocycles. The lowest BCUT2D eigenvalue weighted by Crippen LogP contribution is -2.42. The highest BCUT2D eigenvalue weighted by Crippen LogP contribution is 2.22. The second-order valence-electron chi connectivity index (χ2n) is 8.00. The number of carbonyl (C=O) groups is 3. The van der Waals surface area contributed by atoms with Crippen LogP contribution in [-0.4, -0.2) is 53.8 Å². The molecule has 3 amide bonds. The maximum absolute atomic E-state index is 12.9. The van der Waals surface area contributed by atoms with Crippen molar-refractivity contribution in [3.63, 3.8) is 0 Å². The van der Waals surface area contributed by atoms with E-state index in [1.54, 1.807) is 29.2 Å². The van der Waals surface area contributed by atoms with Gasteiger partial charge >= 0.3 is 0 Å². The molecule has 1 heterocycles. The van der Waals surface area contributed by atoms with Crippen molar-refractivity contribution < 1.29 is 14.4 Å². The molecule has 3 rings (SSSR count). The van der Waals surface area contributed by atoms with Crippen LogP contribution in [0.3, 0.4) is 0 Å². The van der Waals surface area contributed by atoms with E-state index in [9.17, 15) is 14.4 Å². The summed E-state index contributed by atoms with van der Waals surface area (Å²) in [6, 6.07) is 14.6. The van der Waals surface area contributed by atoms with Gasteiger partial charge in [0.05, 0.1) is 0 Å². The Morgan fingerprint density at radius 3 is 2.31 bits per heavy atom. The van der Waals surface area contributed by atoms with Crippen LogP contribution in [0.15, 0.2) is 48.5 Å². The van der Waals surface area contributed by atoms with Gasteiger partial charge in [0, 0.05) is 22.8 Å². The number of nitrogens with zero attached hydrogens (tertiary/aromatic N) is 3. The summed E-state index contributed by atoms with van der Waals surface area (Å²) in [5.74, 6) is -0.587. The number of amides is 3. The van der Waals surface area contributed by atoms with Crippen LogP contribution in [0.2, 0.25) is 5.02 Å². The molecule has 1 fully saturated rings. The molecule has 1 aliphatic heterocycles. The Kier molecular flexibility index (Phi) is 8.28. The number of aryl methyl sites for hydroxylation is 1. The quantitative estimate of drug-likeness (QED) is 0.527. The van der Waals surface area contributed by atoms with Gasteiger partial charge in [-0.1, -0.05) is 43.5 Å². The summed E-state index contributed by atoms with van der Waals surface area (Å²) in [5, 5.41) is 0.583. The van der Waals surface area contributed by atoms with Gasteiger partial charge < -0.3 is 9.80 Å². The molecule has 2 aromatic carbocycles. The topological polar surface area (TPSA) is 60.9 Å². The van der Waals surface area contributed by atoms with E-state index in [1.165, 1.54) is 28.2 Å². The van der Waals surface area contributed by atoms with Crippen molar-refractivity contribution in [2.45, 2.75) is 39.5 Å². The maximum atomic E-state index is 12.9. The van der Waals surface area contributed by atoms with Gasteiger partial charge in [-0.2, -0.15) is 0 Å². The molecule has 0 atom stereocenters. The van der Waals surface area contributed by atoms with Crippen LogP contribution in [0.1, 0.15) is 49.0 Å². The SMILES string of the molecule is CCCCCc1ccc(C(=O)N(CC)CC(=O)N2CC(=O)N(c3ccc(Cl)cc3)C2)cc1. The molecule has 0 saturated carbocycles. The van der Waals surface area contributed by atoms with E-state index in [0.29, 0.717) is 22.8 Å². The first-order chi connectivity index (χ1) is 15.4. The highest BCUT2D eigenvalue weighted by atomic mass is 35.5. The molecule has 1 saturated heterocycles. The number of rotatable bonds is 9. The molecule has 2 aromatic rings. The summed E-state index contributed by atoms with van der Waals surface area (Å²) in [7, 11) is 0. The first kappa shape index (κ1) is 23.8. The molecule has 0 N–H and O–H groups in total. The molecule has 7 heteroatoms. The number of halogens is 1. The fourth-order valence-electron chi connectivity index (χ4n) is 3.73. The Hall–Kier alpha value is -2.86. The Morgan fingerprint density at radius 1 is 1.00 bits per heavy atom. The number of likely N-dealkylation sites (N-methyl/N-ethyl adjacent to an activating group) is 1. The van der Waals surface area contributed by atoms with Crippen LogP contribution in [0, 0.1) is 0 Å². The van der Waals surface area contributed by atoms with Gasteiger partial charge in [0.25, 0.3) is 5.91 Å². The summed E-state index contributed by atoms with van der Waals surface area (Å²) >= 11 is 5.92. The van der Waals surface area contributed by atoms with Crippen LogP contribution in [-0.2, 0) is 16.0 Å². The summed E-state index contributed by atoms with van der Waals surface area (Å²) in [5.41, 5.74) is 2.48. The van der Waals surface area contributed by atoms with E-state index in [1.807, 2.05) is 31.2 Å². The second-order valence-corrected chi connectivity index (χ2v) is 8.44. The first-order valence-electron chi connectivity index (χ1n) is 11.1. The zero-order valence-corrected chi connectivity index (χ0v) is 19.5. The third-order valence-corrected chi connectivity index (χ3v) is 5.95. The van der Waals surface area contributed by atoms with Crippen molar-refractivity contribution in [3.8, 4) is 0 Å². The van der Waals surface area contributed by atoms with E-state index in [4.69, 9.17) is 11.6 Å². The molecule has 0 spiro atoms. The number of unbranched alkanes of at least 4 members (excludes halogenated alkanes) is 2. The van der Waals surface area contributed by atoms with Crippen molar-refractivity contribution >= 4 is 35.0 Å². The normalized spacial score (nSPS) is 13.5. The summed E-state index contributed by atoms with van der Waals surface area (Å²) in [6.45, 7) is 4.53. The van der Waals surface area contributed by atoms with E-state index >= 15 is 0 Å². The lowest BCUT2D eigenvalue weighted by Gasteiger charge is -2.24. The minimum atomic E-state index is -0.249. The number of anilines is 1. The van der Waals surface area contributed by atoms with Crippen molar-refractivity contribution in [2.24, 2.45) is 0 Å². The molecular weight excluding hydrogens is 426 g/mol. The Morgan fingerprint density at radius 2 is 1.69 bits per heavy atom. The van der Waals surface area contributed by atoms with Crippen LogP contribution in [0.25, 0.3) is 0 Å². The van der Waals surface area contributed by atoms with Crippen molar-refractivity contribution in [1.29, 1.82) is 0 Å². The molecule has 170 valence electrons. The zero-order valence-electron chi connectivity index (χ0n) is 18.7. The van der Waals surface area contributed by atoms with Gasteiger partial charge in [-0.05, 0) is 61.7 Å². The second kappa shape index (κ2) is 11.1. The van der Waals surface area contributed by atoms with Crippen molar-refractivity contribution in [3.05, 3.63) is 64.7 Å².